The van der Waals surface area contributed by atoms with Gasteiger partial charge in [0.25, 0.3) is 0 Å². The zero-order valence-electron chi connectivity index (χ0n) is 6.56. The molecular formula is C7H11NO3P+. The summed E-state index contributed by atoms with van der Waals surface area (Å²) in [6.07, 6.45) is 1.32. The van der Waals surface area contributed by atoms with Gasteiger partial charge in [-0.15, -0.1) is 13.8 Å². The van der Waals surface area contributed by atoms with Gasteiger partial charge in [-0.2, -0.15) is 0 Å². The first-order valence-electron chi connectivity index (χ1n) is 3.72. The summed E-state index contributed by atoms with van der Waals surface area (Å²) in [5.41, 5.74) is -0.177. The monoisotopic (exact) mass is 188 g/mol. The second-order valence-electron chi connectivity index (χ2n) is 2.67. The molecule has 2 atom stereocenters. The predicted octanol–water partition coefficient (Wildman–Crippen LogP) is -0.282. The average molecular weight is 188 g/mol. The van der Waals surface area contributed by atoms with Gasteiger partial charge < -0.3 is 9.90 Å². The molecule has 0 aromatic carbocycles. The summed E-state index contributed by atoms with van der Waals surface area (Å²) in [6, 6.07) is 0. The van der Waals surface area contributed by atoms with Crippen molar-refractivity contribution in [3.8, 4) is 0 Å². The Hall–Kier alpha value is -0.760. The Morgan fingerprint density at radius 3 is 2.83 bits per heavy atom. The maximum Gasteiger partial charge on any atom is 0.391 e. The Morgan fingerprint density at radius 2 is 2.42 bits per heavy atom. The van der Waals surface area contributed by atoms with Gasteiger partial charge in [0.05, 0.1) is 12.8 Å². The molecule has 0 fully saturated rings. The van der Waals surface area contributed by atoms with Crippen LogP contribution in [0, 0.1) is 0 Å². The van der Waals surface area contributed by atoms with E-state index in [0.717, 1.165) is 6.29 Å². The van der Waals surface area contributed by atoms with Gasteiger partial charge in [0.1, 0.15) is 11.9 Å². The smallest absolute Gasteiger partial charge is 0.391 e. The molecule has 0 aliphatic carbocycles. The van der Waals surface area contributed by atoms with Crippen molar-refractivity contribution in [2.24, 2.45) is 0 Å². The number of nitrogens with zero attached hydrogens (tertiary/aromatic N) is 1. The first-order valence-corrected chi connectivity index (χ1v) is 4.39. The number of aldehydes is 1. The minimum absolute atomic E-state index is 0.0619. The van der Waals surface area contributed by atoms with E-state index in [2.05, 4.69) is 9.24 Å². The summed E-state index contributed by atoms with van der Waals surface area (Å²) in [7, 11) is 2.39. The molecule has 1 N–H and O–H groups in total. The summed E-state index contributed by atoms with van der Waals surface area (Å²) < 4.78 is 1.26. The lowest BCUT2D eigenvalue weighted by atomic mass is 10.3. The molecule has 4 nitrogen and oxygen atoms in total. The largest absolute Gasteiger partial charge is 0.463 e. The van der Waals surface area contributed by atoms with Crippen LogP contribution in [0.3, 0.4) is 0 Å². The summed E-state index contributed by atoms with van der Waals surface area (Å²) in [6.45, 7) is 0.291. The first kappa shape index (κ1) is 9.33. The zero-order valence-corrected chi connectivity index (χ0v) is 7.72. The average Bonchev–Trinajstić information content (AvgIpc) is 2.25. The Balaban J connectivity index is 2.71. The van der Waals surface area contributed by atoms with E-state index in [1.807, 2.05) is 0 Å². The Labute approximate surface area is 72.5 Å². The standard InChI is InChI=1S/C7H10NO3P/c9-3-1-2-8-6(10)4-5(12)7(8)11/h3,5H,1-2,4,12H2/p+1. The fourth-order valence-corrected chi connectivity index (χ4v) is 1.52. The van der Waals surface area contributed by atoms with Gasteiger partial charge in [-0.25, -0.2) is 4.79 Å². The lowest BCUT2D eigenvalue weighted by Gasteiger charge is -1.92. The van der Waals surface area contributed by atoms with Crippen LogP contribution in [0.4, 0.5) is 0 Å². The highest BCUT2D eigenvalue weighted by molar-refractivity contribution is 7.19. The summed E-state index contributed by atoms with van der Waals surface area (Å²) >= 11 is 0. The van der Waals surface area contributed by atoms with Crippen LogP contribution in [-0.4, -0.2) is 40.0 Å². The van der Waals surface area contributed by atoms with E-state index in [1.54, 1.807) is 0 Å². The van der Waals surface area contributed by atoms with E-state index in [1.165, 1.54) is 4.58 Å². The molecule has 0 radical (unpaired) electrons. The van der Waals surface area contributed by atoms with Crippen LogP contribution in [0.1, 0.15) is 12.8 Å². The minimum Gasteiger partial charge on any atom is -0.463 e. The molecule has 1 amide bonds. The van der Waals surface area contributed by atoms with Crippen LogP contribution in [0.2, 0.25) is 0 Å². The fourth-order valence-electron chi connectivity index (χ4n) is 1.14. The maximum atomic E-state index is 11.1. The molecule has 0 saturated heterocycles. The number of aliphatic hydroxyl groups is 1. The van der Waals surface area contributed by atoms with Crippen molar-refractivity contribution in [2.75, 3.05) is 6.54 Å². The van der Waals surface area contributed by atoms with Crippen molar-refractivity contribution in [2.45, 2.75) is 18.5 Å². The SMILES string of the molecule is O=CCC[N+]1=C(O)C(P)CC1=O. The molecule has 0 aromatic heterocycles. The van der Waals surface area contributed by atoms with Gasteiger partial charge in [0, 0.05) is 0 Å². The highest BCUT2D eigenvalue weighted by Gasteiger charge is 2.37. The van der Waals surface area contributed by atoms with Crippen LogP contribution >= 0.6 is 9.24 Å². The van der Waals surface area contributed by atoms with E-state index in [9.17, 15) is 14.7 Å². The van der Waals surface area contributed by atoms with Crippen LogP contribution in [0.25, 0.3) is 0 Å². The number of aliphatic hydroxyl groups excluding tert-OH is 1. The lowest BCUT2D eigenvalue weighted by molar-refractivity contribution is -0.449. The highest BCUT2D eigenvalue weighted by atomic mass is 31.0. The number of hydrogen-bond acceptors (Lipinski definition) is 2. The second-order valence-corrected chi connectivity index (χ2v) is 3.47. The molecule has 1 aliphatic heterocycles. The third kappa shape index (κ3) is 1.69. The maximum absolute atomic E-state index is 11.1. The van der Waals surface area contributed by atoms with Crippen molar-refractivity contribution >= 4 is 27.3 Å². The molecule has 1 aliphatic rings. The van der Waals surface area contributed by atoms with E-state index in [4.69, 9.17) is 0 Å². The zero-order chi connectivity index (χ0) is 9.14. The normalized spacial score (nSPS) is 23.4. The third-order valence-electron chi connectivity index (χ3n) is 1.77. The second kappa shape index (κ2) is 3.76. The van der Waals surface area contributed by atoms with E-state index in [-0.39, 0.29) is 23.9 Å². The highest BCUT2D eigenvalue weighted by Crippen LogP contribution is 2.14. The van der Waals surface area contributed by atoms with Crippen molar-refractivity contribution in [1.82, 2.24) is 0 Å². The van der Waals surface area contributed by atoms with Crippen LogP contribution < -0.4 is 0 Å². The molecule has 0 spiro atoms. The Kier molecular flexibility index (Phi) is 2.93. The van der Waals surface area contributed by atoms with Gasteiger partial charge in [0.2, 0.25) is 0 Å². The topological polar surface area (TPSA) is 57.4 Å². The van der Waals surface area contributed by atoms with Crippen molar-refractivity contribution in [1.29, 1.82) is 0 Å². The van der Waals surface area contributed by atoms with Gasteiger partial charge in [-0.3, -0.25) is 0 Å². The number of carbonyl (C=O) groups excluding carboxylic acids is 2. The first-order chi connectivity index (χ1) is 5.66. The Bertz CT molecular complexity index is 249. The molecule has 0 aromatic rings. The molecule has 0 bridgehead atoms. The van der Waals surface area contributed by atoms with E-state index >= 15 is 0 Å². The molecule has 1 heterocycles. The number of rotatable bonds is 3. The van der Waals surface area contributed by atoms with Crippen molar-refractivity contribution < 1.29 is 19.3 Å². The number of carbonyl (C=O) groups is 2. The van der Waals surface area contributed by atoms with E-state index < -0.39 is 0 Å². The van der Waals surface area contributed by atoms with Crippen LogP contribution in [0.15, 0.2) is 0 Å². The lowest BCUT2D eigenvalue weighted by Crippen LogP contribution is -2.22. The predicted molar refractivity (Wildman–Crippen MR) is 46.6 cm³/mol. The van der Waals surface area contributed by atoms with Crippen molar-refractivity contribution in [3.63, 3.8) is 0 Å². The molecule has 1 rings (SSSR count). The molecule has 2 unspecified atom stereocenters. The molecule has 0 saturated carbocycles. The van der Waals surface area contributed by atoms with E-state index in [0.29, 0.717) is 13.0 Å². The minimum atomic E-state index is -0.177. The number of amides is 1. The number of hydrogen-bond donors (Lipinski definition) is 1. The third-order valence-corrected chi connectivity index (χ3v) is 2.31. The van der Waals surface area contributed by atoms with Crippen LogP contribution in [-0.2, 0) is 9.59 Å². The summed E-state index contributed by atoms with van der Waals surface area (Å²) in [5.74, 6) is -0.0544. The molecular weight excluding hydrogens is 177 g/mol. The fraction of sp³-hybridized carbons (Fsp3) is 0.571. The molecule has 5 heteroatoms. The van der Waals surface area contributed by atoms with Gasteiger partial charge in [-0.05, 0) is 0 Å². The van der Waals surface area contributed by atoms with Gasteiger partial charge >= 0.3 is 11.8 Å². The molecule has 66 valence electrons. The Morgan fingerprint density at radius 1 is 1.75 bits per heavy atom. The summed E-state index contributed by atoms with van der Waals surface area (Å²) in [5, 5.41) is 9.34. The summed E-state index contributed by atoms with van der Waals surface area (Å²) in [4.78, 5) is 21.1. The van der Waals surface area contributed by atoms with Gasteiger partial charge in [-0.1, -0.05) is 0 Å². The molecule has 12 heavy (non-hydrogen) atoms. The quantitative estimate of drug-likeness (QED) is 0.376. The van der Waals surface area contributed by atoms with Crippen molar-refractivity contribution in [3.05, 3.63) is 0 Å². The van der Waals surface area contributed by atoms with Crippen LogP contribution in [0.5, 0.6) is 0 Å². The van der Waals surface area contributed by atoms with Gasteiger partial charge in [0.15, 0.2) is 6.54 Å².